The molecular weight excluding hydrogens is 478 g/mol. The first-order valence-electron chi connectivity index (χ1n) is 3.55. The van der Waals surface area contributed by atoms with Crippen LogP contribution < -0.4 is 0 Å². The number of thiophene rings is 2. The summed E-state index contributed by atoms with van der Waals surface area (Å²) >= 11 is 8.30. The summed E-state index contributed by atoms with van der Waals surface area (Å²) in [7, 11) is 3.69. The number of hydrogen-bond acceptors (Lipinski definition) is 4. The zero-order chi connectivity index (χ0) is 9.97. The minimum Gasteiger partial charge on any atom is -0.150 e. The van der Waals surface area contributed by atoms with Crippen molar-refractivity contribution in [2.45, 2.75) is 9.79 Å². The van der Waals surface area contributed by atoms with Gasteiger partial charge in [0.1, 0.15) is 0 Å². The van der Waals surface area contributed by atoms with E-state index < -0.39 is 0 Å². The molecule has 0 atom stereocenters. The molecule has 2 aromatic heterocycles. The average Bonchev–Trinajstić information content (AvgIpc) is 2.72. The van der Waals surface area contributed by atoms with E-state index in [2.05, 4.69) is 66.7 Å². The molecule has 0 unspecified atom stereocenters. The quantitative estimate of drug-likeness (QED) is 0.400. The standard InChI is InChI=1S/C8H4I2S4/c9-5-1-11-3-7(5)13-14-8-4-12-2-6(8)10/h1-4H. The predicted octanol–water partition coefficient (Wildman–Crippen LogP) is 5.82. The van der Waals surface area contributed by atoms with Crippen LogP contribution >= 0.6 is 89.4 Å². The third-order valence-electron chi connectivity index (χ3n) is 1.39. The number of rotatable bonds is 3. The van der Waals surface area contributed by atoms with Gasteiger partial charge in [0.15, 0.2) is 0 Å². The maximum atomic E-state index is 2.38. The van der Waals surface area contributed by atoms with Crippen molar-refractivity contribution < 1.29 is 0 Å². The van der Waals surface area contributed by atoms with Crippen LogP contribution in [0.4, 0.5) is 0 Å². The van der Waals surface area contributed by atoms with E-state index in [1.54, 1.807) is 22.7 Å². The lowest BCUT2D eigenvalue weighted by atomic mass is 10.7. The summed E-state index contributed by atoms with van der Waals surface area (Å²) in [6.45, 7) is 0. The molecule has 0 bridgehead atoms. The topological polar surface area (TPSA) is 0 Å². The smallest absolute Gasteiger partial charge is 0.0426 e. The molecule has 0 spiro atoms. The molecule has 0 amide bonds. The summed E-state index contributed by atoms with van der Waals surface area (Å²) in [6, 6.07) is 0. The molecule has 0 nitrogen and oxygen atoms in total. The van der Waals surface area contributed by atoms with Crippen LogP contribution in [0.1, 0.15) is 0 Å². The van der Waals surface area contributed by atoms with Gasteiger partial charge in [0.25, 0.3) is 0 Å². The van der Waals surface area contributed by atoms with Crippen LogP contribution in [0.2, 0.25) is 0 Å². The summed E-state index contributed by atoms with van der Waals surface area (Å²) in [5, 5.41) is 8.78. The third-order valence-corrected chi connectivity index (χ3v) is 8.98. The molecule has 2 aromatic rings. The molecule has 0 saturated heterocycles. The van der Waals surface area contributed by atoms with Crippen LogP contribution in [-0.2, 0) is 0 Å². The van der Waals surface area contributed by atoms with Gasteiger partial charge in [-0.1, -0.05) is 21.6 Å². The Hall–Kier alpha value is 1.56. The van der Waals surface area contributed by atoms with Crippen molar-refractivity contribution >= 4 is 89.4 Å². The average molecular weight is 482 g/mol. The van der Waals surface area contributed by atoms with Gasteiger partial charge in [0.05, 0.1) is 0 Å². The Morgan fingerprint density at radius 2 is 1.21 bits per heavy atom. The lowest BCUT2D eigenvalue weighted by molar-refractivity contribution is 1.52. The van der Waals surface area contributed by atoms with Crippen LogP contribution in [-0.4, -0.2) is 0 Å². The fraction of sp³-hybridized carbons (Fsp3) is 0. The molecule has 2 heterocycles. The van der Waals surface area contributed by atoms with Crippen molar-refractivity contribution in [1.82, 2.24) is 0 Å². The highest BCUT2D eigenvalue weighted by Crippen LogP contribution is 2.43. The monoisotopic (exact) mass is 482 g/mol. The Bertz CT molecular complexity index is 380. The van der Waals surface area contributed by atoms with Crippen LogP contribution in [0.25, 0.3) is 0 Å². The lowest BCUT2D eigenvalue weighted by Gasteiger charge is -1.97. The molecular formula is C8H4I2S4. The third kappa shape index (κ3) is 3.03. The van der Waals surface area contributed by atoms with Crippen molar-refractivity contribution in [3.8, 4) is 0 Å². The Balaban J connectivity index is 2.02. The minimum absolute atomic E-state index is 1.36. The minimum atomic E-state index is 1.36. The van der Waals surface area contributed by atoms with E-state index in [1.807, 2.05) is 21.6 Å². The SMILES string of the molecule is Ic1cscc1SSc1cscc1I. The maximum Gasteiger partial charge on any atom is 0.0426 e. The summed E-state index contributed by atoms with van der Waals surface area (Å²) in [4.78, 5) is 2.75. The van der Waals surface area contributed by atoms with Crippen molar-refractivity contribution in [3.05, 3.63) is 28.7 Å². The van der Waals surface area contributed by atoms with Gasteiger partial charge >= 0.3 is 0 Å². The molecule has 0 aliphatic heterocycles. The van der Waals surface area contributed by atoms with Crippen LogP contribution in [0.5, 0.6) is 0 Å². The molecule has 6 heteroatoms. The van der Waals surface area contributed by atoms with E-state index in [0.717, 1.165) is 0 Å². The van der Waals surface area contributed by atoms with Crippen molar-refractivity contribution in [2.24, 2.45) is 0 Å². The van der Waals surface area contributed by atoms with Crippen molar-refractivity contribution in [2.75, 3.05) is 0 Å². The van der Waals surface area contributed by atoms with Gasteiger partial charge in [-0.05, 0) is 45.2 Å². The predicted molar refractivity (Wildman–Crippen MR) is 85.8 cm³/mol. The highest BCUT2D eigenvalue weighted by molar-refractivity contribution is 14.1. The van der Waals surface area contributed by atoms with Crippen molar-refractivity contribution in [1.29, 1.82) is 0 Å². The number of hydrogen-bond donors (Lipinski definition) is 0. The van der Waals surface area contributed by atoms with Crippen LogP contribution in [0.15, 0.2) is 31.3 Å². The normalized spacial score (nSPS) is 10.7. The molecule has 0 aliphatic rings. The van der Waals surface area contributed by atoms with Gasteiger partial charge in [-0.15, -0.1) is 0 Å². The van der Waals surface area contributed by atoms with Gasteiger partial charge in [0, 0.05) is 38.5 Å². The van der Waals surface area contributed by atoms with Gasteiger partial charge in [-0.25, -0.2) is 0 Å². The van der Waals surface area contributed by atoms with E-state index in [-0.39, 0.29) is 0 Å². The fourth-order valence-corrected chi connectivity index (χ4v) is 8.09. The summed E-state index contributed by atoms with van der Waals surface area (Å²) in [5.41, 5.74) is 0. The largest absolute Gasteiger partial charge is 0.150 e. The first-order valence-corrected chi connectivity index (χ1v) is 9.74. The van der Waals surface area contributed by atoms with Crippen LogP contribution in [0, 0.1) is 7.14 Å². The first kappa shape index (κ1) is 12.0. The van der Waals surface area contributed by atoms with E-state index >= 15 is 0 Å². The van der Waals surface area contributed by atoms with Gasteiger partial charge < -0.3 is 0 Å². The molecule has 2 rings (SSSR count). The number of halogens is 2. The van der Waals surface area contributed by atoms with Gasteiger partial charge in [0.2, 0.25) is 0 Å². The second-order valence-corrected chi connectivity index (χ2v) is 8.36. The highest BCUT2D eigenvalue weighted by atomic mass is 127. The second kappa shape index (κ2) is 5.76. The Morgan fingerprint density at radius 1 is 0.786 bits per heavy atom. The van der Waals surface area contributed by atoms with E-state index in [4.69, 9.17) is 0 Å². The Kier molecular flexibility index (Phi) is 4.95. The lowest BCUT2D eigenvalue weighted by Crippen LogP contribution is -1.67. The molecule has 0 saturated carbocycles. The summed E-state index contributed by atoms with van der Waals surface area (Å²) in [5.74, 6) is 0. The second-order valence-electron chi connectivity index (χ2n) is 2.33. The summed E-state index contributed by atoms with van der Waals surface area (Å²) < 4.78 is 2.71. The molecule has 0 radical (unpaired) electrons. The molecule has 14 heavy (non-hydrogen) atoms. The molecule has 0 fully saturated rings. The molecule has 0 N–H and O–H groups in total. The molecule has 0 aromatic carbocycles. The maximum absolute atomic E-state index is 2.38. The molecule has 74 valence electrons. The van der Waals surface area contributed by atoms with E-state index in [1.165, 1.54) is 16.9 Å². The van der Waals surface area contributed by atoms with Crippen molar-refractivity contribution in [3.63, 3.8) is 0 Å². The Labute approximate surface area is 126 Å². The van der Waals surface area contributed by atoms with Gasteiger partial charge in [-0.2, -0.15) is 22.7 Å². The highest BCUT2D eigenvalue weighted by Gasteiger charge is 2.05. The fourth-order valence-electron chi connectivity index (χ4n) is 0.749. The Morgan fingerprint density at radius 3 is 1.50 bits per heavy atom. The first-order chi connectivity index (χ1) is 6.77. The van der Waals surface area contributed by atoms with E-state index in [9.17, 15) is 0 Å². The summed E-state index contributed by atoms with van der Waals surface area (Å²) in [6.07, 6.45) is 0. The zero-order valence-electron chi connectivity index (χ0n) is 6.70. The van der Waals surface area contributed by atoms with Gasteiger partial charge in [-0.3, -0.25) is 0 Å². The molecule has 0 aliphatic carbocycles. The zero-order valence-corrected chi connectivity index (χ0v) is 14.3. The van der Waals surface area contributed by atoms with Crippen LogP contribution in [0.3, 0.4) is 0 Å². The van der Waals surface area contributed by atoms with E-state index in [0.29, 0.717) is 0 Å².